The minimum atomic E-state index is -1.19. The highest BCUT2D eigenvalue weighted by atomic mass is 32.2. The molecule has 0 heterocycles. The Kier molecular flexibility index (Phi) is 18.6. The molecule has 0 aliphatic rings. The number of carbonyl (C=O) groups excluding carboxylic acids is 1. The van der Waals surface area contributed by atoms with Crippen LogP contribution in [0.3, 0.4) is 0 Å². The normalized spacial score (nSPS) is 13.1. The van der Waals surface area contributed by atoms with Crippen molar-refractivity contribution in [1.29, 1.82) is 0 Å². The van der Waals surface area contributed by atoms with E-state index in [0.717, 1.165) is 63.5 Å². The highest BCUT2D eigenvalue weighted by molar-refractivity contribution is 8.00. The van der Waals surface area contributed by atoms with Crippen LogP contribution < -0.4 is 0 Å². The van der Waals surface area contributed by atoms with Crippen LogP contribution in [0.1, 0.15) is 87.6 Å². The molecule has 0 saturated carbocycles. The van der Waals surface area contributed by atoms with Gasteiger partial charge in [0.05, 0.1) is 5.25 Å². The van der Waals surface area contributed by atoms with Gasteiger partial charge in [0.25, 0.3) is 0 Å². The molecule has 0 amide bonds. The number of hydrogen-bond donors (Lipinski definition) is 2. The fraction of sp³-hybridized carbons (Fsp3) is 0.438. The Labute approximate surface area is 228 Å². The van der Waals surface area contributed by atoms with E-state index in [1.807, 2.05) is 6.92 Å². The van der Waals surface area contributed by atoms with Crippen molar-refractivity contribution in [3.05, 3.63) is 90.1 Å². The average molecular weight is 525 g/mol. The Bertz CT molecular complexity index is 940. The summed E-state index contributed by atoms with van der Waals surface area (Å²) < 4.78 is 0. The highest BCUT2D eigenvalue weighted by Gasteiger charge is 2.18. The van der Waals surface area contributed by atoms with Gasteiger partial charge in [0.15, 0.2) is 0 Å². The van der Waals surface area contributed by atoms with Gasteiger partial charge in [0, 0.05) is 6.42 Å². The monoisotopic (exact) mass is 524 g/mol. The molecule has 1 aromatic carbocycles. The van der Waals surface area contributed by atoms with E-state index in [0.29, 0.717) is 5.56 Å². The van der Waals surface area contributed by atoms with Gasteiger partial charge in [-0.3, -0.25) is 4.79 Å². The van der Waals surface area contributed by atoms with Crippen LogP contribution in [-0.4, -0.2) is 33.0 Å². The van der Waals surface area contributed by atoms with Crippen molar-refractivity contribution < 1.29 is 19.8 Å². The second kappa shape index (κ2) is 21.3. The van der Waals surface area contributed by atoms with Gasteiger partial charge in [-0.15, -0.1) is 0 Å². The van der Waals surface area contributed by atoms with Crippen molar-refractivity contribution in [2.45, 2.75) is 83.3 Å². The van der Waals surface area contributed by atoms with Crippen molar-refractivity contribution in [3.8, 4) is 5.75 Å². The number of unbranched alkanes of at least 4 members (excludes halogenated alkanes) is 2. The number of thioether (sulfide) groups is 1. The van der Waals surface area contributed by atoms with Gasteiger partial charge in [-0.25, -0.2) is 4.79 Å². The zero-order valence-corrected chi connectivity index (χ0v) is 23.3. The molecule has 1 atom stereocenters. The fourth-order valence-corrected chi connectivity index (χ4v) is 4.74. The second-order valence-electron chi connectivity index (χ2n) is 8.77. The third kappa shape index (κ3) is 15.8. The molecular formula is C32H44O4S. The van der Waals surface area contributed by atoms with Gasteiger partial charge < -0.3 is 10.2 Å². The quantitative estimate of drug-likeness (QED) is 0.132. The number of carbonyl (C=O) groups is 2. The Morgan fingerprint density at radius 3 is 1.95 bits per heavy atom. The molecule has 0 aromatic heterocycles. The van der Waals surface area contributed by atoms with E-state index in [1.165, 1.54) is 12.1 Å². The maximum Gasteiger partial charge on any atom is 0.339 e. The van der Waals surface area contributed by atoms with Crippen LogP contribution in [-0.2, 0) is 11.2 Å². The molecule has 5 heteroatoms. The molecule has 0 bridgehead atoms. The molecule has 37 heavy (non-hydrogen) atoms. The van der Waals surface area contributed by atoms with Crippen LogP contribution in [0.2, 0.25) is 0 Å². The number of aromatic carboxylic acids is 1. The van der Waals surface area contributed by atoms with E-state index in [1.54, 1.807) is 17.8 Å². The number of aromatic hydroxyl groups is 1. The third-order valence-electron chi connectivity index (χ3n) is 5.64. The largest absolute Gasteiger partial charge is 0.507 e. The molecule has 0 aliphatic carbocycles. The van der Waals surface area contributed by atoms with Crippen LogP contribution in [0, 0.1) is 0 Å². The first-order valence-electron chi connectivity index (χ1n) is 13.4. The number of Topliss-reactive ketones (excluding diaryl/α,β-unsaturated/α-hetero) is 1. The van der Waals surface area contributed by atoms with E-state index in [9.17, 15) is 14.7 Å². The van der Waals surface area contributed by atoms with Crippen molar-refractivity contribution in [3.63, 3.8) is 0 Å². The number of allylic oxidation sites excluding steroid dienone is 10. The van der Waals surface area contributed by atoms with Gasteiger partial charge in [-0.05, 0) is 81.2 Å². The van der Waals surface area contributed by atoms with Gasteiger partial charge in [-0.1, -0.05) is 80.7 Å². The first-order chi connectivity index (χ1) is 18.0. The Morgan fingerprint density at radius 1 is 0.838 bits per heavy atom. The summed E-state index contributed by atoms with van der Waals surface area (Å²) in [6.07, 6.45) is 31.2. The summed E-state index contributed by atoms with van der Waals surface area (Å²) in [5.74, 6) is -0.434. The highest BCUT2D eigenvalue weighted by Crippen LogP contribution is 2.22. The standard InChI is InChI=1S/C32H44O4S/c1-3-5-6-7-8-9-10-11-12-13-14-15-16-17-18-19-20-21-24-37-31(4-2)30(34)26-27-22-23-29(33)28(25-27)32(35)36/h5-6,8-9,11-12,14-15,17-18,22-23,25,31,33H,3-4,7,10,13,16,19-21,24,26H2,1-2H3,(H,35,36)/b6-5-,9-8-,12-11-,15-14-,18-17-/t31-/m1/s1. The number of phenols is 1. The molecular weight excluding hydrogens is 480 g/mol. The van der Waals surface area contributed by atoms with E-state index < -0.39 is 5.97 Å². The SMILES string of the molecule is CC/C=C\C/C=C\C/C=C\C/C=C\C/C=C\CCCCS[C@H](CC)C(=O)Cc1ccc(O)c(C(=O)O)c1. The Hall–Kier alpha value is -2.79. The minimum absolute atomic E-state index is 0.0872. The minimum Gasteiger partial charge on any atom is -0.507 e. The number of rotatable bonds is 20. The second-order valence-corrected chi connectivity index (χ2v) is 10.1. The van der Waals surface area contributed by atoms with Gasteiger partial charge in [-0.2, -0.15) is 11.8 Å². The zero-order chi connectivity index (χ0) is 27.1. The topological polar surface area (TPSA) is 74.6 Å². The molecule has 2 N–H and O–H groups in total. The van der Waals surface area contributed by atoms with Gasteiger partial charge in [0.2, 0.25) is 0 Å². The molecule has 1 rings (SSSR count). The lowest BCUT2D eigenvalue weighted by molar-refractivity contribution is -0.118. The Balaban J connectivity index is 2.15. The lowest BCUT2D eigenvalue weighted by Gasteiger charge is -2.14. The van der Waals surface area contributed by atoms with Crippen LogP contribution in [0.5, 0.6) is 5.75 Å². The van der Waals surface area contributed by atoms with Crippen molar-refractivity contribution in [2.24, 2.45) is 0 Å². The van der Waals surface area contributed by atoms with Gasteiger partial charge >= 0.3 is 5.97 Å². The summed E-state index contributed by atoms with van der Waals surface area (Å²) in [6, 6.07) is 4.34. The van der Waals surface area contributed by atoms with Crippen LogP contribution in [0.4, 0.5) is 0 Å². The number of hydrogen-bond acceptors (Lipinski definition) is 4. The summed E-state index contributed by atoms with van der Waals surface area (Å²) in [4.78, 5) is 23.9. The van der Waals surface area contributed by atoms with E-state index in [4.69, 9.17) is 5.11 Å². The molecule has 0 fully saturated rings. The fourth-order valence-electron chi connectivity index (χ4n) is 3.58. The average Bonchev–Trinajstić information content (AvgIpc) is 2.88. The summed E-state index contributed by atoms with van der Waals surface area (Å²) in [5, 5.41) is 18.7. The summed E-state index contributed by atoms with van der Waals surface area (Å²) in [7, 11) is 0. The summed E-state index contributed by atoms with van der Waals surface area (Å²) >= 11 is 1.69. The maximum atomic E-state index is 12.7. The zero-order valence-electron chi connectivity index (χ0n) is 22.5. The van der Waals surface area contributed by atoms with E-state index >= 15 is 0 Å². The summed E-state index contributed by atoms with van der Waals surface area (Å²) in [6.45, 7) is 4.15. The van der Waals surface area contributed by atoms with Crippen molar-refractivity contribution in [2.75, 3.05) is 5.75 Å². The van der Waals surface area contributed by atoms with Gasteiger partial charge in [0.1, 0.15) is 17.1 Å². The molecule has 202 valence electrons. The maximum absolute atomic E-state index is 12.7. The lowest BCUT2D eigenvalue weighted by Crippen LogP contribution is -2.19. The molecule has 0 aliphatic heterocycles. The third-order valence-corrected chi connectivity index (χ3v) is 7.16. The molecule has 0 radical (unpaired) electrons. The first kappa shape index (κ1) is 32.2. The van der Waals surface area contributed by atoms with Crippen LogP contribution >= 0.6 is 11.8 Å². The number of benzene rings is 1. The number of carboxylic acids is 1. The Morgan fingerprint density at radius 2 is 1.41 bits per heavy atom. The first-order valence-corrected chi connectivity index (χ1v) is 14.5. The smallest absolute Gasteiger partial charge is 0.339 e. The van der Waals surface area contributed by atoms with Crippen LogP contribution in [0.15, 0.2) is 79.0 Å². The van der Waals surface area contributed by atoms with Crippen LogP contribution in [0.25, 0.3) is 0 Å². The lowest BCUT2D eigenvalue weighted by atomic mass is 10.0. The predicted octanol–water partition coefficient (Wildman–Crippen LogP) is 8.64. The summed E-state index contributed by atoms with van der Waals surface area (Å²) in [5.41, 5.74) is 0.457. The van der Waals surface area contributed by atoms with E-state index in [-0.39, 0.29) is 28.8 Å². The molecule has 0 saturated heterocycles. The molecule has 0 unspecified atom stereocenters. The van der Waals surface area contributed by atoms with Crippen molar-refractivity contribution in [1.82, 2.24) is 0 Å². The number of carboxylic acid groups (broad SMARTS) is 1. The molecule has 1 aromatic rings. The predicted molar refractivity (Wildman–Crippen MR) is 159 cm³/mol. The van der Waals surface area contributed by atoms with Crippen molar-refractivity contribution >= 4 is 23.5 Å². The van der Waals surface area contributed by atoms with E-state index in [2.05, 4.69) is 67.7 Å². The molecule has 0 spiro atoms. The number of ketones is 1. The molecule has 4 nitrogen and oxygen atoms in total.